The van der Waals surface area contributed by atoms with Gasteiger partial charge in [-0.25, -0.2) is 9.78 Å². The van der Waals surface area contributed by atoms with Gasteiger partial charge >= 0.3 is 6.09 Å². The zero-order valence-corrected chi connectivity index (χ0v) is 17.7. The molecule has 158 valence electrons. The molecule has 2 unspecified atom stereocenters. The molecule has 2 heterocycles. The van der Waals surface area contributed by atoms with Gasteiger partial charge in [-0.15, -0.1) is 0 Å². The average Bonchev–Trinajstić information content (AvgIpc) is 3.13. The van der Waals surface area contributed by atoms with Crippen LogP contribution in [-0.2, 0) is 9.53 Å². The quantitative estimate of drug-likeness (QED) is 0.804. The highest BCUT2D eigenvalue weighted by atomic mass is 16.6. The van der Waals surface area contributed by atoms with Gasteiger partial charge in [0.1, 0.15) is 23.5 Å². The van der Waals surface area contributed by atoms with Crippen LogP contribution < -0.4 is 15.5 Å². The van der Waals surface area contributed by atoms with E-state index in [2.05, 4.69) is 21.7 Å². The molecule has 0 radical (unpaired) electrons. The normalized spacial score (nSPS) is 17.3. The first-order valence-electron chi connectivity index (χ1n) is 10.0. The van der Waals surface area contributed by atoms with Crippen LogP contribution in [-0.4, -0.2) is 47.8 Å². The molecule has 2 atom stereocenters. The third-order valence-corrected chi connectivity index (χ3v) is 4.78. The van der Waals surface area contributed by atoms with Crippen molar-refractivity contribution in [3.63, 3.8) is 0 Å². The highest BCUT2D eigenvalue weighted by Gasteiger charge is 2.29. The highest BCUT2D eigenvalue weighted by molar-refractivity contribution is 5.86. The number of ether oxygens (including phenoxy) is 1. The lowest BCUT2D eigenvalue weighted by atomic mass is 10.1. The third kappa shape index (κ3) is 5.17. The van der Waals surface area contributed by atoms with Gasteiger partial charge in [-0.3, -0.25) is 4.79 Å². The number of benzene rings is 1. The van der Waals surface area contributed by atoms with E-state index < -0.39 is 17.7 Å². The molecule has 0 saturated carbocycles. The van der Waals surface area contributed by atoms with Crippen molar-refractivity contribution in [1.29, 1.82) is 5.26 Å². The van der Waals surface area contributed by atoms with Crippen molar-refractivity contribution in [3.8, 4) is 6.07 Å². The number of para-hydroxylation sites is 1. The number of rotatable bonds is 4. The molecule has 2 amide bonds. The monoisotopic (exact) mass is 409 g/mol. The van der Waals surface area contributed by atoms with E-state index in [1.54, 1.807) is 27.7 Å². The first-order valence-corrected chi connectivity index (χ1v) is 10.0. The Kier molecular flexibility index (Phi) is 6.11. The number of carbonyl (C=O) groups is 2. The summed E-state index contributed by atoms with van der Waals surface area (Å²) < 4.78 is 5.19. The number of nitrogens with one attached hydrogen (secondary N) is 2. The summed E-state index contributed by atoms with van der Waals surface area (Å²) in [6.45, 7) is 8.14. The molecule has 3 rings (SSSR count). The molecular weight excluding hydrogens is 382 g/mol. The summed E-state index contributed by atoms with van der Waals surface area (Å²) in [6.07, 6.45) is 0.0989. The van der Waals surface area contributed by atoms with E-state index in [1.807, 2.05) is 35.2 Å². The number of anilines is 1. The van der Waals surface area contributed by atoms with Crippen LogP contribution in [0.1, 0.15) is 39.7 Å². The zero-order valence-electron chi connectivity index (χ0n) is 17.7. The van der Waals surface area contributed by atoms with E-state index in [0.717, 1.165) is 17.3 Å². The lowest BCUT2D eigenvalue weighted by Gasteiger charge is -2.23. The van der Waals surface area contributed by atoms with Crippen LogP contribution in [0.5, 0.6) is 0 Å². The van der Waals surface area contributed by atoms with Gasteiger partial charge in [0.05, 0.1) is 11.1 Å². The van der Waals surface area contributed by atoms with Crippen LogP contribution in [0.4, 0.5) is 10.6 Å². The summed E-state index contributed by atoms with van der Waals surface area (Å²) in [6, 6.07) is 10.9. The molecule has 0 aliphatic carbocycles. The Labute approximate surface area is 176 Å². The Morgan fingerprint density at radius 3 is 2.77 bits per heavy atom. The smallest absolute Gasteiger partial charge is 0.408 e. The van der Waals surface area contributed by atoms with E-state index in [4.69, 9.17) is 4.74 Å². The van der Waals surface area contributed by atoms with Gasteiger partial charge in [0.2, 0.25) is 5.91 Å². The largest absolute Gasteiger partial charge is 0.444 e. The molecule has 2 aromatic rings. The topological polar surface area (TPSA) is 107 Å². The summed E-state index contributed by atoms with van der Waals surface area (Å²) in [5.74, 6) is 0.354. The molecule has 1 aliphatic heterocycles. The van der Waals surface area contributed by atoms with Crippen molar-refractivity contribution in [2.75, 3.05) is 18.0 Å². The molecule has 1 fully saturated rings. The number of alkyl carbamates (subject to hydrolysis) is 1. The predicted octanol–water partition coefficient (Wildman–Crippen LogP) is 2.71. The van der Waals surface area contributed by atoms with Crippen molar-refractivity contribution >= 4 is 28.7 Å². The van der Waals surface area contributed by atoms with Crippen molar-refractivity contribution in [3.05, 3.63) is 35.9 Å². The second-order valence-electron chi connectivity index (χ2n) is 8.47. The minimum Gasteiger partial charge on any atom is -0.444 e. The van der Waals surface area contributed by atoms with Crippen molar-refractivity contribution in [1.82, 2.24) is 15.6 Å². The summed E-state index contributed by atoms with van der Waals surface area (Å²) in [5, 5.41) is 16.0. The fourth-order valence-electron chi connectivity index (χ4n) is 3.38. The molecule has 1 aromatic heterocycles. The van der Waals surface area contributed by atoms with Gasteiger partial charge < -0.3 is 20.3 Å². The SMILES string of the molecule is CC(NC(=O)OC(C)(C)C)C(=O)NC1CCN(c2nc3ccccc3cc2C#N)C1. The molecule has 1 aromatic carbocycles. The highest BCUT2D eigenvalue weighted by Crippen LogP contribution is 2.26. The van der Waals surface area contributed by atoms with E-state index in [-0.39, 0.29) is 11.9 Å². The van der Waals surface area contributed by atoms with Crippen LogP contribution in [0.15, 0.2) is 30.3 Å². The summed E-state index contributed by atoms with van der Waals surface area (Å²) in [7, 11) is 0. The van der Waals surface area contributed by atoms with Crippen LogP contribution in [0.25, 0.3) is 10.9 Å². The molecule has 2 N–H and O–H groups in total. The lowest BCUT2D eigenvalue weighted by molar-refractivity contribution is -0.123. The Hall–Kier alpha value is -3.34. The van der Waals surface area contributed by atoms with Gasteiger partial charge in [-0.1, -0.05) is 18.2 Å². The predicted molar refractivity (Wildman–Crippen MR) is 114 cm³/mol. The maximum atomic E-state index is 12.5. The standard InChI is InChI=1S/C22H27N5O3/c1-14(24-21(29)30-22(2,3)4)20(28)25-17-9-10-27(13-17)19-16(12-23)11-15-7-5-6-8-18(15)26-19/h5-8,11,14,17H,9-10,13H2,1-4H3,(H,24,29)(H,25,28). The number of nitriles is 1. The Morgan fingerprint density at radius 1 is 1.33 bits per heavy atom. The van der Waals surface area contributed by atoms with E-state index in [0.29, 0.717) is 24.5 Å². The van der Waals surface area contributed by atoms with Crippen molar-refractivity contribution < 1.29 is 14.3 Å². The van der Waals surface area contributed by atoms with Gasteiger partial charge in [0, 0.05) is 24.5 Å². The zero-order chi connectivity index (χ0) is 21.9. The minimum atomic E-state index is -0.720. The summed E-state index contributed by atoms with van der Waals surface area (Å²) in [4.78, 5) is 31.0. The number of amides is 2. The van der Waals surface area contributed by atoms with Crippen LogP contribution in [0, 0.1) is 11.3 Å². The van der Waals surface area contributed by atoms with Crippen LogP contribution in [0.2, 0.25) is 0 Å². The molecule has 0 spiro atoms. The molecule has 8 nitrogen and oxygen atoms in total. The minimum absolute atomic E-state index is 0.0970. The maximum Gasteiger partial charge on any atom is 0.408 e. The Balaban J connectivity index is 1.62. The van der Waals surface area contributed by atoms with Gasteiger partial charge in [-0.05, 0) is 46.2 Å². The molecule has 1 aliphatic rings. The fourth-order valence-corrected chi connectivity index (χ4v) is 3.38. The van der Waals surface area contributed by atoms with Gasteiger partial charge in [0.15, 0.2) is 0 Å². The first-order chi connectivity index (χ1) is 14.2. The van der Waals surface area contributed by atoms with Crippen molar-refractivity contribution in [2.24, 2.45) is 0 Å². The van der Waals surface area contributed by atoms with Crippen molar-refractivity contribution in [2.45, 2.75) is 51.8 Å². The maximum absolute atomic E-state index is 12.5. The number of hydrogen-bond acceptors (Lipinski definition) is 6. The fraction of sp³-hybridized carbons (Fsp3) is 0.455. The summed E-state index contributed by atoms with van der Waals surface area (Å²) >= 11 is 0. The lowest BCUT2D eigenvalue weighted by Crippen LogP contribution is -2.49. The van der Waals surface area contributed by atoms with Crippen LogP contribution in [0.3, 0.4) is 0 Å². The summed E-state index contributed by atoms with van der Waals surface area (Å²) in [5.41, 5.74) is 0.715. The van der Waals surface area contributed by atoms with Crippen LogP contribution >= 0.6 is 0 Å². The molecule has 8 heteroatoms. The van der Waals surface area contributed by atoms with E-state index in [1.165, 1.54) is 0 Å². The Bertz CT molecular complexity index is 992. The number of fused-ring (bicyclic) bond motifs is 1. The van der Waals surface area contributed by atoms with Gasteiger partial charge in [0.25, 0.3) is 0 Å². The second kappa shape index (κ2) is 8.57. The second-order valence-corrected chi connectivity index (χ2v) is 8.47. The van der Waals surface area contributed by atoms with E-state index >= 15 is 0 Å². The number of hydrogen-bond donors (Lipinski definition) is 2. The third-order valence-electron chi connectivity index (χ3n) is 4.78. The average molecular weight is 409 g/mol. The number of carbonyl (C=O) groups excluding carboxylic acids is 2. The molecule has 1 saturated heterocycles. The molecule has 0 bridgehead atoms. The first kappa shape index (κ1) is 21.4. The van der Waals surface area contributed by atoms with Gasteiger partial charge in [-0.2, -0.15) is 5.26 Å². The Morgan fingerprint density at radius 2 is 2.07 bits per heavy atom. The molecule has 30 heavy (non-hydrogen) atoms. The number of pyridine rings is 1. The number of nitrogens with zero attached hydrogens (tertiary/aromatic N) is 3. The van der Waals surface area contributed by atoms with E-state index in [9.17, 15) is 14.9 Å². The number of aromatic nitrogens is 1. The molecular formula is C22H27N5O3.